The minimum absolute atomic E-state index is 0.00338. The van der Waals surface area contributed by atoms with Gasteiger partial charge in [0.15, 0.2) is 0 Å². The van der Waals surface area contributed by atoms with Gasteiger partial charge in [0.2, 0.25) is 0 Å². The third kappa shape index (κ3) is 10.7. The predicted molar refractivity (Wildman–Crippen MR) is 167 cm³/mol. The van der Waals surface area contributed by atoms with Gasteiger partial charge in [-0.2, -0.15) is 0 Å². The maximum absolute atomic E-state index is 13.2. The maximum Gasteiger partial charge on any atom is 0.250 e. The van der Waals surface area contributed by atoms with Gasteiger partial charge in [0.1, 0.15) is 11.5 Å². The lowest BCUT2D eigenvalue weighted by Gasteiger charge is -2.32. The molecule has 2 saturated heterocycles. The van der Waals surface area contributed by atoms with E-state index in [0.717, 1.165) is 43.9 Å². The fraction of sp³-hybridized carbons (Fsp3) is 0.657. The molecule has 2 fully saturated rings. The van der Waals surface area contributed by atoms with E-state index in [1.807, 2.05) is 24.3 Å². The van der Waals surface area contributed by atoms with Crippen LogP contribution in [0.1, 0.15) is 93.9 Å². The number of rotatable bonds is 11. The zero-order valence-electron chi connectivity index (χ0n) is 27.0. The van der Waals surface area contributed by atoms with E-state index in [4.69, 9.17) is 9.47 Å². The zero-order chi connectivity index (χ0) is 31.6. The van der Waals surface area contributed by atoms with Crippen LogP contribution in [-0.2, 0) is 12.8 Å². The summed E-state index contributed by atoms with van der Waals surface area (Å²) in [5.41, 5.74) is 5.09. The average molecular weight is 609 g/mol. The number of aryl methyl sites for hydroxylation is 1. The van der Waals surface area contributed by atoms with Crippen molar-refractivity contribution >= 4 is 0 Å². The van der Waals surface area contributed by atoms with Crippen molar-refractivity contribution < 1.29 is 27.0 Å². The van der Waals surface area contributed by atoms with Crippen molar-refractivity contribution in [3.63, 3.8) is 0 Å². The number of nitrogens with zero attached hydrogens (tertiary/aromatic N) is 2. The molecule has 2 aromatic rings. The smallest absolute Gasteiger partial charge is 0.250 e. The van der Waals surface area contributed by atoms with E-state index in [-0.39, 0.29) is 25.7 Å². The van der Waals surface area contributed by atoms with Crippen LogP contribution in [0.3, 0.4) is 0 Å². The molecule has 2 aliphatic heterocycles. The second kappa shape index (κ2) is 16.1. The summed E-state index contributed by atoms with van der Waals surface area (Å²) >= 11 is 0. The Morgan fingerprint density at radius 3 is 1.42 bits per heavy atom. The van der Waals surface area contributed by atoms with Gasteiger partial charge in [0.05, 0.1) is 14.2 Å². The van der Waals surface area contributed by atoms with E-state index in [9.17, 15) is 17.6 Å². The second-order valence-corrected chi connectivity index (χ2v) is 12.6. The number of piperidine rings is 2. The van der Waals surface area contributed by atoms with Crippen LogP contribution in [0.2, 0.25) is 0 Å². The fourth-order valence-electron chi connectivity index (χ4n) is 6.26. The molecule has 0 amide bonds. The van der Waals surface area contributed by atoms with Crippen molar-refractivity contribution in [3.05, 3.63) is 58.7 Å². The molecule has 0 radical (unpaired) electrons. The molecule has 0 saturated carbocycles. The highest BCUT2D eigenvalue weighted by atomic mass is 19.3. The monoisotopic (exact) mass is 608 g/mol. The number of ether oxygens (including phenoxy) is 2. The molecular formula is C35H52F4N2O2. The van der Waals surface area contributed by atoms with Crippen molar-refractivity contribution in [2.24, 2.45) is 0 Å². The number of likely N-dealkylation sites (tertiary alicyclic amines) is 2. The maximum atomic E-state index is 13.2. The van der Waals surface area contributed by atoms with E-state index >= 15 is 0 Å². The number of methoxy groups -OCH3 is 2. The summed E-state index contributed by atoms with van der Waals surface area (Å²) in [6, 6.07) is 12.3. The summed E-state index contributed by atoms with van der Waals surface area (Å²) in [5.74, 6) is -2.23. The molecular weight excluding hydrogens is 556 g/mol. The molecule has 0 unspecified atom stereocenters. The molecule has 4 rings (SSSR count). The van der Waals surface area contributed by atoms with Crippen LogP contribution in [-0.4, -0.2) is 75.1 Å². The van der Waals surface area contributed by atoms with E-state index in [0.29, 0.717) is 38.0 Å². The van der Waals surface area contributed by atoms with Crippen LogP contribution < -0.4 is 9.47 Å². The minimum atomic E-state index is -2.46. The van der Waals surface area contributed by atoms with Gasteiger partial charge in [-0.3, -0.25) is 0 Å². The van der Waals surface area contributed by atoms with Crippen LogP contribution in [0.25, 0.3) is 0 Å². The van der Waals surface area contributed by atoms with Crippen molar-refractivity contribution in [1.29, 1.82) is 0 Å². The Labute approximate surface area is 256 Å². The topological polar surface area (TPSA) is 24.9 Å². The van der Waals surface area contributed by atoms with Crippen LogP contribution in [0.5, 0.6) is 11.5 Å². The van der Waals surface area contributed by atoms with Crippen LogP contribution in [0.4, 0.5) is 17.6 Å². The lowest BCUT2D eigenvalue weighted by atomic mass is 9.93. The molecule has 4 nitrogen and oxygen atoms in total. The first kappa shape index (κ1) is 35.2. The zero-order valence-corrected chi connectivity index (χ0v) is 27.0. The summed E-state index contributed by atoms with van der Waals surface area (Å²) in [6.07, 6.45) is 2.84. The number of hydrogen-bond donors (Lipinski definition) is 0. The standard InChI is InChI=1S/C18H27F2NO.C17H25F2NO/c1-14(2)17-15(6-4-8-16(17)22-3)7-5-11-21-12-9-18(19,20)10-13-21;1-13(2)16-14(5-4-6-15(16)21-3)7-10-20-11-8-17(18,19)9-12-20/h4,6,8,14H,5,7,9-13H2,1-3H3;4-6,13H,7-12H2,1-3H3. The molecule has 2 aliphatic rings. The molecule has 0 aliphatic carbocycles. The van der Waals surface area contributed by atoms with Crippen molar-refractivity contribution in [2.75, 3.05) is 53.5 Å². The van der Waals surface area contributed by atoms with Gasteiger partial charge in [0.25, 0.3) is 11.8 Å². The minimum Gasteiger partial charge on any atom is -0.496 e. The molecule has 2 heterocycles. The first-order valence-corrected chi connectivity index (χ1v) is 15.9. The second-order valence-electron chi connectivity index (χ2n) is 12.6. The third-order valence-electron chi connectivity index (χ3n) is 8.70. The molecule has 43 heavy (non-hydrogen) atoms. The molecule has 0 aromatic heterocycles. The largest absolute Gasteiger partial charge is 0.496 e. The van der Waals surface area contributed by atoms with Gasteiger partial charge in [-0.05, 0) is 72.0 Å². The summed E-state index contributed by atoms with van der Waals surface area (Å²) in [5, 5.41) is 0. The highest BCUT2D eigenvalue weighted by Gasteiger charge is 2.34. The molecule has 0 bridgehead atoms. The summed E-state index contributed by atoms with van der Waals surface area (Å²) < 4.78 is 63.6. The Morgan fingerprint density at radius 2 is 1.02 bits per heavy atom. The predicted octanol–water partition coefficient (Wildman–Crippen LogP) is 8.57. The van der Waals surface area contributed by atoms with Gasteiger partial charge < -0.3 is 19.3 Å². The van der Waals surface area contributed by atoms with Crippen molar-refractivity contribution in [2.45, 2.75) is 96.3 Å². The molecule has 0 N–H and O–H groups in total. The quantitative estimate of drug-likeness (QED) is 0.239. The molecule has 2 aromatic carbocycles. The lowest BCUT2D eigenvalue weighted by Crippen LogP contribution is -2.40. The van der Waals surface area contributed by atoms with Crippen LogP contribution in [0, 0.1) is 0 Å². The van der Waals surface area contributed by atoms with Gasteiger partial charge in [-0.1, -0.05) is 52.0 Å². The lowest BCUT2D eigenvalue weighted by molar-refractivity contribution is -0.0555. The summed E-state index contributed by atoms with van der Waals surface area (Å²) in [7, 11) is 3.40. The first-order valence-electron chi connectivity index (χ1n) is 15.9. The number of halogens is 4. The Kier molecular flexibility index (Phi) is 13.2. The van der Waals surface area contributed by atoms with Gasteiger partial charge in [0, 0.05) is 58.4 Å². The number of benzene rings is 2. The Balaban J connectivity index is 0.000000236. The summed E-state index contributed by atoms with van der Waals surface area (Å²) in [6.45, 7) is 12.4. The molecule has 0 spiro atoms. The Morgan fingerprint density at radius 1 is 0.628 bits per heavy atom. The van der Waals surface area contributed by atoms with E-state index in [1.165, 1.54) is 22.3 Å². The van der Waals surface area contributed by atoms with Gasteiger partial charge in [-0.15, -0.1) is 0 Å². The SMILES string of the molecule is COc1cccc(CCCN2CCC(F)(F)CC2)c1C(C)C.COc1cccc(CCN2CCC(F)(F)CC2)c1C(C)C. The van der Waals surface area contributed by atoms with Crippen LogP contribution >= 0.6 is 0 Å². The number of hydrogen-bond acceptors (Lipinski definition) is 4. The molecule has 8 heteroatoms. The normalized spacial score (nSPS) is 18.8. The van der Waals surface area contributed by atoms with E-state index in [2.05, 4.69) is 49.6 Å². The Hall–Kier alpha value is -2.32. The van der Waals surface area contributed by atoms with Crippen molar-refractivity contribution in [3.8, 4) is 11.5 Å². The van der Waals surface area contributed by atoms with Crippen LogP contribution in [0.15, 0.2) is 36.4 Å². The van der Waals surface area contributed by atoms with E-state index < -0.39 is 11.8 Å². The molecule has 242 valence electrons. The van der Waals surface area contributed by atoms with Crippen molar-refractivity contribution in [1.82, 2.24) is 9.80 Å². The Bertz CT molecular complexity index is 1120. The van der Waals surface area contributed by atoms with Gasteiger partial charge >= 0.3 is 0 Å². The first-order chi connectivity index (χ1) is 20.4. The highest BCUT2D eigenvalue weighted by molar-refractivity contribution is 5.43. The van der Waals surface area contributed by atoms with E-state index in [1.54, 1.807) is 14.2 Å². The third-order valence-corrected chi connectivity index (χ3v) is 8.70. The fourth-order valence-corrected chi connectivity index (χ4v) is 6.26. The number of alkyl halides is 4. The van der Waals surface area contributed by atoms with Gasteiger partial charge in [-0.25, -0.2) is 17.6 Å². The summed E-state index contributed by atoms with van der Waals surface area (Å²) in [4.78, 5) is 4.30. The highest BCUT2D eigenvalue weighted by Crippen LogP contribution is 2.33. The molecule has 0 atom stereocenters. The average Bonchev–Trinajstić information content (AvgIpc) is 2.97.